The molecule has 0 atom stereocenters. The van der Waals surface area contributed by atoms with Gasteiger partial charge < -0.3 is 5.32 Å². The molecular weight excluding hydrogens is 344 g/mol. The molecule has 0 fully saturated rings. The molecular formula is C15H11F2N9. The smallest absolute Gasteiger partial charge is 0.262 e. The van der Waals surface area contributed by atoms with E-state index in [2.05, 4.69) is 30.4 Å². The summed E-state index contributed by atoms with van der Waals surface area (Å²) in [5.74, 6) is -2.67. The molecule has 1 N–H and O–H groups in total. The van der Waals surface area contributed by atoms with E-state index in [-0.39, 0.29) is 17.2 Å². The second kappa shape index (κ2) is 6.62. The third-order valence-electron chi connectivity index (χ3n) is 3.36. The summed E-state index contributed by atoms with van der Waals surface area (Å²) in [4.78, 5) is 11.0. The molecule has 0 radical (unpaired) electrons. The van der Waals surface area contributed by atoms with E-state index in [4.69, 9.17) is 10.8 Å². The summed E-state index contributed by atoms with van der Waals surface area (Å²) in [6.07, 6.45) is 4.16. The first-order valence-electron chi connectivity index (χ1n) is 7.32. The molecule has 0 aliphatic rings. The molecule has 0 bridgehead atoms. The number of alkyl halides is 2. The fourth-order valence-electron chi connectivity index (χ4n) is 2.22. The van der Waals surface area contributed by atoms with Crippen molar-refractivity contribution in [3.63, 3.8) is 0 Å². The summed E-state index contributed by atoms with van der Waals surface area (Å²) in [5, 5.41) is 19.7. The molecule has 130 valence electrons. The highest BCUT2D eigenvalue weighted by Crippen LogP contribution is 2.28. The Labute approximate surface area is 145 Å². The van der Waals surface area contributed by atoms with Gasteiger partial charge in [-0.25, -0.2) is 18.7 Å². The number of azide groups is 1. The number of aromatic nitrogens is 4. The molecule has 0 unspecified atom stereocenters. The number of rotatable bonds is 5. The molecule has 26 heavy (non-hydrogen) atoms. The van der Waals surface area contributed by atoms with Gasteiger partial charge in [-0.1, -0.05) is 5.11 Å². The first kappa shape index (κ1) is 17.1. The van der Waals surface area contributed by atoms with Crippen LogP contribution in [0.5, 0.6) is 0 Å². The van der Waals surface area contributed by atoms with Crippen LogP contribution in [0.2, 0.25) is 0 Å². The Kier molecular flexibility index (Phi) is 4.34. The molecule has 3 heterocycles. The van der Waals surface area contributed by atoms with Crippen molar-refractivity contribution in [3.05, 3.63) is 46.7 Å². The average molecular weight is 355 g/mol. The fraction of sp³-hybridized carbons (Fsp3) is 0.200. The number of fused-ring (bicyclic) bond motifs is 1. The molecule has 0 aliphatic heterocycles. The Morgan fingerprint density at radius 3 is 2.85 bits per heavy atom. The van der Waals surface area contributed by atoms with Crippen LogP contribution in [-0.4, -0.2) is 32.2 Å². The zero-order chi connectivity index (χ0) is 18.7. The number of anilines is 1. The molecule has 0 aromatic carbocycles. The van der Waals surface area contributed by atoms with Gasteiger partial charge in [0.1, 0.15) is 6.07 Å². The summed E-state index contributed by atoms with van der Waals surface area (Å²) < 4.78 is 27.7. The summed E-state index contributed by atoms with van der Waals surface area (Å²) >= 11 is 0. The maximum absolute atomic E-state index is 13.1. The summed E-state index contributed by atoms with van der Waals surface area (Å²) in [6, 6.07) is 5.04. The standard InChI is InChI=1S/C15H11F2N9/c1-15(16,17)8-22-11-3-13(20-7-12(11)24-25-19)26-14-10(6-23-26)2-9(4-18)5-21-14/h2-3,5-7H,8H2,1H3,(H,20,22). The number of hydrogen-bond donors (Lipinski definition) is 1. The highest BCUT2D eigenvalue weighted by Gasteiger charge is 2.21. The monoisotopic (exact) mass is 355 g/mol. The summed E-state index contributed by atoms with van der Waals surface area (Å²) in [6.45, 7) is 0.126. The van der Waals surface area contributed by atoms with Gasteiger partial charge in [-0.3, -0.25) is 0 Å². The van der Waals surface area contributed by atoms with Crippen LogP contribution in [0.15, 0.2) is 35.8 Å². The lowest BCUT2D eigenvalue weighted by Gasteiger charge is -2.14. The zero-order valence-electron chi connectivity index (χ0n) is 13.4. The van der Waals surface area contributed by atoms with E-state index < -0.39 is 12.5 Å². The maximum atomic E-state index is 13.1. The van der Waals surface area contributed by atoms with Crippen LogP contribution in [0, 0.1) is 11.3 Å². The SMILES string of the molecule is CC(F)(F)CNc1cc(-n2ncc3cc(C#N)cnc32)ncc1N=[N+]=[N-]. The van der Waals surface area contributed by atoms with Crippen molar-refractivity contribution in [2.75, 3.05) is 11.9 Å². The normalized spacial score (nSPS) is 11.0. The van der Waals surface area contributed by atoms with Crippen LogP contribution in [0.3, 0.4) is 0 Å². The highest BCUT2D eigenvalue weighted by molar-refractivity contribution is 5.78. The van der Waals surface area contributed by atoms with Gasteiger partial charge in [-0.2, -0.15) is 15.0 Å². The Morgan fingerprint density at radius 1 is 1.35 bits per heavy atom. The van der Waals surface area contributed by atoms with E-state index >= 15 is 0 Å². The molecule has 0 saturated carbocycles. The molecule has 0 saturated heterocycles. The first-order chi connectivity index (χ1) is 12.4. The number of nitrogens with one attached hydrogen (secondary N) is 1. The summed E-state index contributed by atoms with van der Waals surface area (Å²) in [7, 11) is 0. The van der Waals surface area contributed by atoms with Gasteiger partial charge in [0.15, 0.2) is 11.5 Å². The van der Waals surface area contributed by atoms with E-state index in [0.717, 1.165) is 6.92 Å². The van der Waals surface area contributed by atoms with Crippen molar-refractivity contribution < 1.29 is 8.78 Å². The molecule has 3 aromatic heterocycles. The number of halogens is 2. The van der Waals surface area contributed by atoms with Gasteiger partial charge in [0.2, 0.25) is 0 Å². The van der Waals surface area contributed by atoms with E-state index in [1.165, 1.54) is 29.3 Å². The molecule has 11 heteroatoms. The molecule has 0 aliphatic carbocycles. The second-order valence-electron chi connectivity index (χ2n) is 5.48. The van der Waals surface area contributed by atoms with Crippen molar-refractivity contribution in [2.24, 2.45) is 5.11 Å². The molecule has 3 rings (SSSR count). The summed E-state index contributed by atoms with van der Waals surface area (Å²) in [5.41, 5.74) is 9.71. The topological polar surface area (TPSA) is 128 Å². The van der Waals surface area contributed by atoms with Gasteiger partial charge in [0.05, 0.1) is 24.0 Å². The lowest BCUT2D eigenvalue weighted by molar-refractivity contribution is 0.0368. The van der Waals surface area contributed by atoms with E-state index in [9.17, 15) is 8.78 Å². The largest absolute Gasteiger partial charge is 0.378 e. The van der Waals surface area contributed by atoms with Gasteiger partial charge in [-0.05, 0) is 11.6 Å². The maximum Gasteiger partial charge on any atom is 0.262 e. The van der Waals surface area contributed by atoms with Crippen LogP contribution in [0.4, 0.5) is 20.2 Å². The highest BCUT2D eigenvalue weighted by atomic mass is 19.3. The molecule has 0 amide bonds. The zero-order valence-corrected chi connectivity index (χ0v) is 13.4. The second-order valence-corrected chi connectivity index (χ2v) is 5.48. The Hall–Kier alpha value is -3.77. The number of hydrogen-bond acceptors (Lipinski definition) is 6. The molecule has 9 nitrogen and oxygen atoms in total. The van der Waals surface area contributed by atoms with Gasteiger partial charge in [0, 0.05) is 41.4 Å². The van der Waals surface area contributed by atoms with Crippen LogP contribution in [0.1, 0.15) is 12.5 Å². The van der Waals surface area contributed by atoms with Crippen molar-refractivity contribution >= 4 is 22.4 Å². The number of pyridine rings is 2. The molecule has 3 aromatic rings. The minimum absolute atomic E-state index is 0.0803. The Morgan fingerprint density at radius 2 is 2.15 bits per heavy atom. The van der Waals surface area contributed by atoms with Crippen LogP contribution in [0.25, 0.3) is 27.3 Å². The van der Waals surface area contributed by atoms with Crippen LogP contribution in [-0.2, 0) is 0 Å². The Balaban J connectivity index is 2.05. The quantitative estimate of drug-likeness (QED) is 0.424. The minimum atomic E-state index is -2.95. The third-order valence-corrected chi connectivity index (χ3v) is 3.36. The van der Waals surface area contributed by atoms with Gasteiger partial charge >= 0.3 is 0 Å². The van der Waals surface area contributed by atoms with Gasteiger partial charge in [0.25, 0.3) is 5.92 Å². The molecule has 0 spiro atoms. The van der Waals surface area contributed by atoms with Crippen molar-refractivity contribution in [1.29, 1.82) is 5.26 Å². The predicted molar refractivity (Wildman–Crippen MR) is 89.3 cm³/mol. The van der Waals surface area contributed by atoms with Crippen LogP contribution >= 0.6 is 0 Å². The minimum Gasteiger partial charge on any atom is -0.378 e. The fourth-order valence-corrected chi connectivity index (χ4v) is 2.22. The first-order valence-corrected chi connectivity index (χ1v) is 7.32. The average Bonchev–Trinajstić information content (AvgIpc) is 3.03. The van der Waals surface area contributed by atoms with Crippen LogP contribution < -0.4 is 5.32 Å². The van der Waals surface area contributed by atoms with Gasteiger partial charge in [-0.15, -0.1) is 0 Å². The number of nitrogens with zero attached hydrogens (tertiary/aromatic N) is 8. The van der Waals surface area contributed by atoms with Crippen molar-refractivity contribution in [2.45, 2.75) is 12.8 Å². The lowest BCUT2D eigenvalue weighted by Crippen LogP contribution is -2.23. The third kappa shape index (κ3) is 3.50. The van der Waals surface area contributed by atoms with E-state index in [1.807, 2.05) is 6.07 Å². The van der Waals surface area contributed by atoms with E-state index in [1.54, 1.807) is 6.07 Å². The predicted octanol–water partition coefficient (Wildman–Crippen LogP) is 3.70. The lowest BCUT2D eigenvalue weighted by atomic mass is 10.2. The Bertz CT molecular complexity index is 1060. The number of nitriles is 1. The van der Waals surface area contributed by atoms with E-state index in [0.29, 0.717) is 16.6 Å². The van der Waals surface area contributed by atoms with Crippen molar-refractivity contribution in [3.8, 4) is 11.9 Å². The van der Waals surface area contributed by atoms with Crippen molar-refractivity contribution in [1.82, 2.24) is 19.7 Å².